The first-order valence-corrected chi connectivity index (χ1v) is 12.0. The molecule has 1 aliphatic heterocycles. The summed E-state index contributed by atoms with van der Waals surface area (Å²) in [5, 5.41) is 16.5. The second-order valence-electron chi connectivity index (χ2n) is 9.98. The highest BCUT2D eigenvalue weighted by atomic mass is 35.5. The van der Waals surface area contributed by atoms with Crippen LogP contribution < -0.4 is 10.6 Å². The Labute approximate surface area is 187 Å². The first-order valence-electron chi connectivity index (χ1n) is 11.6. The summed E-state index contributed by atoms with van der Waals surface area (Å²) in [4.78, 5) is 25.2. The molecule has 2 amide bonds. The first-order chi connectivity index (χ1) is 14.7. The Bertz CT molecular complexity index is 687. The molecule has 0 radical (unpaired) electrons. The zero-order valence-corrected chi connectivity index (χ0v) is 18.8. The summed E-state index contributed by atoms with van der Waals surface area (Å²) in [6.07, 6.45) is 3.50. The number of amides is 2. The van der Waals surface area contributed by atoms with Gasteiger partial charge in [-0.1, -0.05) is 0 Å². The number of carbonyl (C=O) groups excluding carboxylic acids is 2. The molecule has 176 valence electrons. The fourth-order valence-corrected chi connectivity index (χ4v) is 5.93. The Balaban J connectivity index is 1.26. The summed E-state index contributed by atoms with van der Waals surface area (Å²) in [6.45, 7) is 1.81. The second kappa shape index (κ2) is 9.12. The van der Waals surface area contributed by atoms with Gasteiger partial charge in [0.2, 0.25) is 11.8 Å². The standard InChI is InChI=1S/C22H34ClFN2O5/c1-13-2-5-17(31-13)20(29)26-21-6-8-22(9-7-21,18(27)11-21)25-19(28)12-30-14-3-4-15(23)16(24)10-14/h13-18,27H,2-12H2,1H3,(H,25,28)(H,26,29). The Kier molecular flexibility index (Phi) is 6.83. The van der Waals surface area contributed by atoms with E-state index in [-0.39, 0.29) is 37.0 Å². The number of fused-ring (bicyclic) bond motifs is 3. The molecule has 0 aromatic heterocycles. The van der Waals surface area contributed by atoms with Crippen molar-refractivity contribution in [2.75, 3.05) is 6.61 Å². The maximum absolute atomic E-state index is 13.8. The lowest BCUT2D eigenvalue weighted by atomic mass is 9.60. The lowest BCUT2D eigenvalue weighted by Gasteiger charge is -2.56. The van der Waals surface area contributed by atoms with Crippen molar-refractivity contribution in [2.24, 2.45) is 0 Å². The summed E-state index contributed by atoms with van der Waals surface area (Å²) in [6, 6.07) is 0. The van der Waals surface area contributed by atoms with E-state index in [1.54, 1.807) is 0 Å². The minimum atomic E-state index is -1.11. The molecule has 31 heavy (non-hydrogen) atoms. The number of alkyl halides is 2. The topological polar surface area (TPSA) is 96.9 Å². The van der Waals surface area contributed by atoms with E-state index in [2.05, 4.69) is 10.6 Å². The molecule has 0 spiro atoms. The molecule has 0 aromatic carbocycles. The average molecular weight is 461 g/mol. The molecule has 4 aliphatic carbocycles. The number of rotatable bonds is 6. The van der Waals surface area contributed by atoms with Gasteiger partial charge in [-0.2, -0.15) is 0 Å². The molecule has 6 unspecified atom stereocenters. The van der Waals surface area contributed by atoms with Crippen LogP contribution >= 0.6 is 11.6 Å². The van der Waals surface area contributed by atoms with E-state index >= 15 is 0 Å². The number of carbonyl (C=O) groups is 2. The Hall–Kier alpha value is -0.960. The molecule has 3 N–H and O–H groups in total. The number of aliphatic hydroxyl groups excluding tert-OH is 1. The van der Waals surface area contributed by atoms with Gasteiger partial charge in [0.15, 0.2) is 0 Å². The van der Waals surface area contributed by atoms with Gasteiger partial charge in [0.25, 0.3) is 0 Å². The smallest absolute Gasteiger partial charge is 0.249 e. The van der Waals surface area contributed by atoms with E-state index in [0.29, 0.717) is 44.9 Å². The zero-order chi connectivity index (χ0) is 22.2. The van der Waals surface area contributed by atoms with Crippen molar-refractivity contribution in [3.8, 4) is 0 Å². The number of hydrogen-bond donors (Lipinski definition) is 3. The van der Waals surface area contributed by atoms with E-state index in [1.807, 2.05) is 6.92 Å². The van der Waals surface area contributed by atoms with Crippen LogP contribution in [0.2, 0.25) is 0 Å². The second-order valence-corrected chi connectivity index (χ2v) is 10.5. The number of nitrogens with one attached hydrogen (secondary N) is 2. The van der Waals surface area contributed by atoms with Gasteiger partial charge in [-0.15, -0.1) is 11.6 Å². The molecule has 1 saturated heterocycles. The number of halogens is 2. The van der Waals surface area contributed by atoms with Gasteiger partial charge < -0.3 is 25.2 Å². The summed E-state index contributed by atoms with van der Waals surface area (Å²) >= 11 is 5.90. The Morgan fingerprint density at radius 3 is 2.52 bits per heavy atom. The minimum Gasteiger partial charge on any atom is -0.391 e. The molecular formula is C22H34ClFN2O5. The SMILES string of the molecule is CC1CCC(C(=O)NC23CCC(NC(=O)COC4CCC(Cl)C(F)C4)(CC2)C(O)C3)O1. The van der Waals surface area contributed by atoms with Crippen LogP contribution in [0.25, 0.3) is 0 Å². The summed E-state index contributed by atoms with van der Waals surface area (Å²) in [5.74, 6) is -0.393. The van der Waals surface area contributed by atoms with Crippen molar-refractivity contribution in [3.05, 3.63) is 0 Å². The Morgan fingerprint density at radius 2 is 1.90 bits per heavy atom. The Morgan fingerprint density at radius 1 is 1.16 bits per heavy atom. The molecular weight excluding hydrogens is 427 g/mol. The average Bonchev–Trinajstić information content (AvgIpc) is 3.17. The third kappa shape index (κ3) is 5.02. The summed E-state index contributed by atoms with van der Waals surface area (Å²) < 4.78 is 25.1. The van der Waals surface area contributed by atoms with Crippen molar-refractivity contribution in [3.63, 3.8) is 0 Å². The van der Waals surface area contributed by atoms with Crippen LogP contribution in [0.3, 0.4) is 0 Å². The van der Waals surface area contributed by atoms with Crippen LogP contribution in [0.5, 0.6) is 0 Å². The molecule has 0 aromatic rings. The van der Waals surface area contributed by atoms with E-state index in [9.17, 15) is 19.1 Å². The first kappa shape index (κ1) is 23.2. The van der Waals surface area contributed by atoms with Crippen molar-refractivity contribution < 1.29 is 28.6 Å². The van der Waals surface area contributed by atoms with Crippen LogP contribution in [-0.2, 0) is 19.1 Å². The highest BCUT2D eigenvalue weighted by Crippen LogP contribution is 2.47. The quantitative estimate of drug-likeness (QED) is 0.527. The van der Waals surface area contributed by atoms with Crippen LogP contribution in [0.1, 0.15) is 71.1 Å². The molecule has 5 fully saturated rings. The summed E-state index contributed by atoms with van der Waals surface area (Å²) in [5.41, 5.74) is -1.13. The van der Waals surface area contributed by atoms with Gasteiger partial charge in [0.1, 0.15) is 18.9 Å². The van der Waals surface area contributed by atoms with E-state index < -0.39 is 34.8 Å². The summed E-state index contributed by atoms with van der Waals surface area (Å²) in [7, 11) is 0. The molecule has 5 rings (SSSR count). The predicted molar refractivity (Wildman–Crippen MR) is 113 cm³/mol. The van der Waals surface area contributed by atoms with Crippen LogP contribution in [0.15, 0.2) is 0 Å². The monoisotopic (exact) mass is 460 g/mol. The van der Waals surface area contributed by atoms with Gasteiger partial charge in [0, 0.05) is 12.0 Å². The van der Waals surface area contributed by atoms with Crippen molar-refractivity contribution in [1.82, 2.24) is 10.6 Å². The number of aliphatic hydroxyl groups is 1. The predicted octanol–water partition coefficient (Wildman–Crippen LogP) is 2.12. The molecule has 9 heteroatoms. The van der Waals surface area contributed by atoms with E-state index in [4.69, 9.17) is 21.1 Å². The van der Waals surface area contributed by atoms with E-state index in [0.717, 1.165) is 12.8 Å². The van der Waals surface area contributed by atoms with Crippen molar-refractivity contribution >= 4 is 23.4 Å². The highest BCUT2D eigenvalue weighted by Gasteiger charge is 2.55. The maximum Gasteiger partial charge on any atom is 0.249 e. The third-order valence-electron chi connectivity index (χ3n) is 7.72. The number of ether oxygens (including phenoxy) is 2. The van der Waals surface area contributed by atoms with Gasteiger partial charge in [-0.05, 0) is 64.7 Å². The van der Waals surface area contributed by atoms with Crippen molar-refractivity contribution in [2.45, 2.75) is 118 Å². The minimum absolute atomic E-state index is 0.0961. The zero-order valence-electron chi connectivity index (χ0n) is 18.1. The fourth-order valence-electron chi connectivity index (χ4n) is 5.70. The molecule has 2 bridgehead atoms. The van der Waals surface area contributed by atoms with Gasteiger partial charge in [-0.3, -0.25) is 9.59 Å². The van der Waals surface area contributed by atoms with Gasteiger partial charge >= 0.3 is 0 Å². The highest BCUT2D eigenvalue weighted by molar-refractivity contribution is 6.21. The molecule has 7 nitrogen and oxygen atoms in total. The van der Waals surface area contributed by atoms with Gasteiger partial charge in [-0.25, -0.2) is 4.39 Å². The van der Waals surface area contributed by atoms with E-state index in [1.165, 1.54) is 0 Å². The molecule has 5 aliphatic rings. The molecule has 1 heterocycles. The molecule has 4 saturated carbocycles. The normalized spacial score (nSPS) is 44.8. The van der Waals surface area contributed by atoms with Crippen LogP contribution in [0.4, 0.5) is 4.39 Å². The fraction of sp³-hybridized carbons (Fsp3) is 0.909. The number of hydrogen-bond acceptors (Lipinski definition) is 5. The van der Waals surface area contributed by atoms with Crippen LogP contribution in [0, 0.1) is 0 Å². The third-order valence-corrected chi connectivity index (χ3v) is 8.21. The van der Waals surface area contributed by atoms with Gasteiger partial charge in [0.05, 0.1) is 29.2 Å². The lowest BCUT2D eigenvalue weighted by molar-refractivity contribution is -0.143. The van der Waals surface area contributed by atoms with Crippen molar-refractivity contribution in [1.29, 1.82) is 0 Å². The van der Waals surface area contributed by atoms with Crippen LogP contribution in [-0.4, -0.2) is 70.6 Å². The molecule has 6 atom stereocenters. The largest absolute Gasteiger partial charge is 0.391 e. The maximum atomic E-state index is 13.8. The lowest BCUT2D eigenvalue weighted by Crippen LogP contribution is -2.70.